The minimum atomic E-state index is -1.24. The number of pyridine rings is 1. The maximum absolute atomic E-state index is 13.7. The number of carboxylic acid groups (broad SMARTS) is 1. The Bertz CT molecular complexity index is 1670. The Balaban J connectivity index is 1.64. The molecule has 4 N–H and O–H groups in total. The molecule has 3 atom stereocenters. The average molecular weight is 647 g/mol. The van der Waals surface area contributed by atoms with Crippen LogP contribution in [0.25, 0.3) is 22.2 Å². The highest BCUT2D eigenvalue weighted by atomic mass is 16.5. The Hall–Kier alpha value is -5.46. The lowest BCUT2D eigenvalue weighted by Gasteiger charge is -2.23. The summed E-state index contributed by atoms with van der Waals surface area (Å²) >= 11 is 0. The van der Waals surface area contributed by atoms with E-state index in [1.807, 2.05) is 30.3 Å². The maximum atomic E-state index is 13.7. The number of fused-ring (bicyclic) bond motifs is 1. The number of aromatic nitrogens is 1. The zero-order valence-electron chi connectivity index (χ0n) is 26.6. The molecule has 1 aliphatic carbocycles. The number of nitrogens with zero attached hydrogens (tertiary/aromatic N) is 1. The van der Waals surface area contributed by atoms with Gasteiger partial charge in [-0.2, -0.15) is 0 Å². The van der Waals surface area contributed by atoms with Gasteiger partial charge in [-0.15, -0.1) is 0 Å². The van der Waals surface area contributed by atoms with Crippen LogP contribution in [0.15, 0.2) is 66.2 Å². The molecule has 0 saturated carbocycles. The number of methoxy groups -OCH3 is 2. The van der Waals surface area contributed by atoms with Crippen molar-refractivity contribution >= 4 is 40.6 Å². The number of carbonyl (C=O) groups is 5. The minimum absolute atomic E-state index is 0.0140. The number of ether oxygens (including phenoxy) is 3. The molecule has 3 amide bonds. The van der Waals surface area contributed by atoms with E-state index in [1.54, 1.807) is 45.2 Å². The highest BCUT2D eigenvalue weighted by Gasteiger charge is 2.38. The summed E-state index contributed by atoms with van der Waals surface area (Å²) in [5.74, 6) is -3.94. The van der Waals surface area contributed by atoms with Crippen LogP contribution in [0.3, 0.4) is 0 Å². The molecule has 13 heteroatoms. The van der Waals surface area contributed by atoms with Gasteiger partial charge in [0.25, 0.3) is 0 Å². The molecule has 248 valence electrons. The van der Waals surface area contributed by atoms with Crippen molar-refractivity contribution in [3.63, 3.8) is 0 Å². The van der Waals surface area contributed by atoms with E-state index in [2.05, 4.69) is 20.7 Å². The largest absolute Gasteiger partial charge is 0.497 e. The summed E-state index contributed by atoms with van der Waals surface area (Å²) in [6.45, 7) is 2.86. The minimum Gasteiger partial charge on any atom is -0.497 e. The lowest BCUT2D eigenvalue weighted by atomic mass is 9.97. The molecule has 13 nitrogen and oxygen atoms in total. The third-order valence-corrected chi connectivity index (χ3v) is 7.62. The molecule has 2 aromatic carbocycles. The predicted molar refractivity (Wildman–Crippen MR) is 171 cm³/mol. The first kappa shape index (κ1) is 34.4. The Kier molecular flexibility index (Phi) is 11.5. The SMILES string of the molecule is COC(=O)CCNC(=O)C(NC(=O)C1=CC(Oc2cc(-c3ccccc3)nc3cc(OC)ccc23)CC1C(=O)NCC(=O)O)C(C)C. The quantitative estimate of drug-likeness (QED) is 0.190. The summed E-state index contributed by atoms with van der Waals surface area (Å²) in [4.78, 5) is 67.2. The molecule has 3 unspecified atom stereocenters. The van der Waals surface area contributed by atoms with Crippen LogP contribution in [0.1, 0.15) is 26.7 Å². The second-order valence-electron chi connectivity index (χ2n) is 11.2. The topological polar surface area (TPSA) is 182 Å². The molecule has 0 saturated heterocycles. The van der Waals surface area contributed by atoms with Crippen LogP contribution in [-0.4, -0.2) is 79.2 Å². The number of esters is 1. The Labute approximate surface area is 271 Å². The number of nitrogens with one attached hydrogen (secondary N) is 3. The molecule has 1 aliphatic rings. The molecule has 1 aromatic heterocycles. The molecular weight excluding hydrogens is 608 g/mol. The normalized spacial score (nSPS) is 16.1. The fourth-order valence-corrected chi connectivity index (χ4v) is 5.17. The van der Waals surface area contributed by atoms with Gasteiger partial charge in [0.05, 0.1) is 37.8 Å². The van der Waals surface area contributed by atoms with E-state index in [0.29, 0.717) is 28.1 Å². The molecule has 4 rings (SSSR count). The van der Waals surface area contributed by atoms with Gasteiger partial charge < -0.3 is 35.3 Å². The van der Waals surface area contributed by atoms with Crippen LogP contribution in [0.4, 0.5) is 0 Å². The van der Waals surface area contributed by atoms with Crippen LogP contribution in [0.5, 0.6) is 11.5 Å². The van der Waals surface area contributed by atoms with Gasteiger partial charge in [0, 0.05) is 41.6 Å². The van der Waals surface area contributed by atoms with Crippen molar-refractivity contribution < 1.29 is 43.3 Å². The first-order valence-corrected chi connectivity index (χ1v) is 15.1. The van der Waals surface area contributed by atoms with Crippen LogP contribution >= 0.6 is 0 Å². The molecule has 0 aliphatic heterocycles. The molecule has 0 fully saturated rings. The van der Waals surface area contributed by atoms with E-state index in [4.69, 9.17) is 19.6 Å². The van der Waals surface area contributed by atoms with Crippen molar-refractivity contribution in [2.75, 3.05) is 27.3 Å². The lowest BCUT2D eigenvalue weighted by Crippen LogP contribution is -2.51. The van der Waals surface area contributed by atoms with Crippen molar-refractivity contribution in [2.24, 2.45) is 11.8 Å². The van der Waals surface area contributed by atoms with Crippen LogP contribution in [0, 0.1) is 11.8 Å². The fraction of sp³-hybridized carbons (Fsp3) is 0.353. The number of carboxylic acids is 1. The van der Waals surface area contributed by atoms with E-state index in [-0.39, 0.29) is 30.9 Å². The van der Waals surface area contributed by atoms with Gasteiger partial charge in [0.1, 0.15) is 30.2 Å². The predicted octanol–water partition coefficient (Wildman–Crippen LogP) is 2.63. The van der Waals surface area contributed by atoms with Gasteiger partial charge in [0.2, 0.25) is 17.7 Å². The summed E-state index contributed by atoms with van der Waals surface area (Å²) in [6.07, 6.45) is 0.746. The molecule has 3 aromatic rings. The summed E-state index contributed by atoms with van der Waals surface area (Å²) < 4.78 is 16.4. The van der Waals surface area contributed by atoms with Gasteiger partial charge in [-0.1, -0.05) is 44.2 Å². The number of amides is 3. The van der Waals surface area contributed by atoms with Gasteiger partial charge in [-0.05, 0) is 24.1 Å². The number of carbonyl (C=O) groups excluding carboxylic acids is 4. The van der Waals surface area contributed by atoms with Gasteiger partial charge in [-0.3, -0.25) is 24.0 Å². The summed E-state index contributed by atoms with van der Waals surface area (Å²) in [6, 6.07) is 15.6. The van der Waals surface area contributed by atoms with Gasteiger partial charge in [0.15, 0.2) is 0 Å². The highest BCUT2D eigenvalue weighted by molar-refractivity contribution is 6.03. The second kappa shape index (κ2) is 15.7. The first-order chi connectivity index (χ1) is 22.5. The van der Waals surface area contributed by atoms with Gasteiger partial charge >= 0.3 is 11.9 Å². The molecule has 0 bridgehead atoms. The van der Waals surface area contributed by atoms with E-state index in [0.717, 1.165) is 5.56 Å². The van der Waals surface area contributed by atoms with E-state index in [1.165, 1.54) is 13.2 Å². The molecule has 1 heterocycles. The number of hydrogen-bond acceptors (Lipinski definition) is 9. The van der Waals surface area contributed by atoms with Crippen molar-refractivity contribution in [1.29, 1.82) is 0 Å². The third-order valence-electron chi connectivity index (χ3n) is 7.62. The number of rotatable bonds is 14. The fourth-order valence-electron chi connectivity index (χ4n) is 5.17. The summed E-state index contributed by atoms with van der Waals surface area (Å²) in [7, 11) is 2.80. The Morgan fingerprint density at radius 1 is 1.00 bits per heavy atom. The van der Waals surface area contributed by atoms with Crippen molar-refractivity contribution in [3.05, 3.63) is 66.2 Å². The van der Waals surface area contributed by atoms with E-state index >= 15 is 0 Å². The highest BCUT2D eigenvalue weighted by Crippen LogP contribution is 2.36. The van der Waals surface area contributed by atoms with Gasteiger partial charge in [-0.25, -0.2) is 4.98 Å². The summed E-state index contributed by atoms with van der Waals surface area (Å²) in [5, 5.41) is 17.5. The van der Waals surface area contributed by atoms with E-state index < -0.39 is 54.3 Å². The van der Waals surface area contributed by atoms with Crippen molar-refractivity contribution in [1.82, 2.24) is 20.9 Å². The number of aliphatic carboxylic acids is 1. The zero-order valence-corrected chi connectivity index (χ0v) is 26.6. The van der Waals surface area contributed by atoms with Crippen molar-refractivity contribution in [2.45, 2.75) is 38.8 Å². The van der Waals surface area contributed by atoms with Crippen LogP contribution in [-0.2, 0) is 28.7 Å². The second-order valence-corrected chi connectivity index (χ2v) is 11.2. The zero-order chi connectivity index (χ0) is 34.1. The van der Waals surface area contributed by atoms with Crippen molar-refractivity contribution in [3.8, 4) is 22.8 Å². The molecule has 47 heavy (non-hydrogen) atoms. The number of benzene rings is 2. The first-order valence-electron chi connectivity index (χ1n) is 15.1. The molecule has 0 spiro atoms. The maximum Gasteiger partial charge on any atom is 0.322 e. The molecular formula is C34H38N4O9. The van der Waals surface area contributed by atoms with Crippen LogP contribution in [0.2, 0.25) is 0 Å². The lowest BCUT2D eigenvalue weighted by molar-refractivity contribution is -0.140. The third kappa shape index (κ3) is 8.84. The smallest absolute Gasteiger partial charge is 0.322 e. The van der Waals surface area contributed by atoms with Crippen LogP contribution < -0.4 is 25.4 Å². The number of hydrogen-bond donors (Lipinski definition) is 4. The standard InChI is InChI=1S/C34H38N4O9/c1-19(2)31(34(44)35-13-12-30(41)46-4)38-33(43)25-15-22(14-24(25)32(42)36-18-29(39)40)47-28-17-26(20-8-6-5-7-9-20)37-27-16-21(45-3)10-11-23(27)28/h5-11,15-17,19,22,24,31H,12-14,18H2,1-4H3,(H,35,44)(H,36,42)(H,38,43)(H,39,40). The monoisotopic (exact) mass is 646 g/mol. The Morgan fingerprint density at radius 2 is 1.74 bits per heavy atom. The summed E-state index contributed by atoms with van der Waals surface area (Å²) in [5.41, 5.74) is 2.12. The Morgan fingerprint density at radius 3 is 2.40 bits per heavy atom. The average Bonchev–Trinajstić information content (AvgIpc) is 3.49. The van der Waals surface area contributed by atoms with E-state index in [9.17, 15) is 24.0 Å². The molecule has 0 radical (unpaired) electrons.